The van der Waals surface area contributed by atoms with E-state index in [0.717, 1.165) is 25.9 Å². The molecule has 1 N–H and O–H groups in total. The summed E-state index contributed by atoms with van der Waals surface area (Å²) in [7, 11) is 0. The summed E-state index contributed by atoms with van der Waals surface area (Å²) in [6, 6.07) is 9.08. The van der Waals surface area contributed by atoms with E-state index in [1.165, 1.54) is 9.26 Å². The van der Waals surface area contributed by atoms with E-state index in [2.05, 4.69) is 66.0 Å². The number of benzene rings is 1. The zero-order valence-electron chi connectivity index (χ0n) is 10.5. The largest absolute Gasteiger partial charge is 0.382 e. The molecule has 1 aliphatic heterocycles. The summed E-state index contributed by atoms with van der Waals surface area (Å²) in [5.74, 6) is 0. The molecule has 0 bridgehead atoms. The second kappa shape index (κ2) is 5.57. The van der Waals surface area contributed by atoms with Crippen molar-refractivity contribution in [3.8, 4) is 0 Å². The number of hydrogen-bond acceptors (Lipinski definition) is 2. The molecule has 0 radical (unpaired) electrons. The first-order chi connectivity index (χ1) is 8.11. The van der Waals surface area contributed by atoms with Gasteiger partial charge in [0.15, 0.2) is 0 Å². The minimum Gasteiger partial charge on any atom is -0.382 e. The number of hydrogen-bond donors (Lipinski definition) is 1. The molecule has 2 rings (SSSR count). The summed E-state index contributed by atoms with van der Waals surface area (Å²) >= 11 is 2.35. The van der Waals surface area contributed by atoms with E-state index in [9.17, 15) is 0 Å². The molecule has 94 valence electrons. The van der Waals surface area contributed by atoms with Crippen molar-refractivity contribution in [2.24, 2.45) is 0 Å². The second-order valence-electron chi connectivity index (χ2n) is 5.00. The van der Waals surface area contributed by atoms with Crippen LogP contribution in [0.25, 0.3) is 0 Å². The molecule has 0 saturated carbocycles. The van der Waals surface area contributed by atoms with Crippen molar-refractivity contribution < 1.29 is 4.74 Å². The fraction of sp³-hybridized carbons (Fsp3) is 0.571. The van der Waals surface area contributed by atoms with Crippen molar-refractivity contribution in [1.29, 1.82) is 0 Å². The standard InChI is InChI=1S/C14H20INO/c1-3-14(2)10-13(7-8-17-14)16-12-6-4-5-11(15)9-12/h4-6,9,13,16H,3,7-8,10H2,1-2H3. The van der Waals surface area contributed by atoms with E-state index >= 15 is 0 Å². The smallest absolute Gasteiger partial charge is 0.0671 e. The highest BCUT2D eigenvalue weighted by atomic mass is 127. The van der Waals surface area contributed by atoms with Crippen LogP contribution in [0, 0.1) is 3.57 Å². The fourth-order valence-electron chi connectivity index (χ4n) is 2.31. The van der Waals surface area contributed by atoms with Gasteiger partial charge < -0.3 is 10.1 Å². The molecular formula is C14H20INO. The van der Waals surface area contributed by atoms with Crippen molar-refractivity contribution in [2.45, 2.75) is 44.8 Å². The topological polar surface area (TPSA) is 21.3 Å². The molecule has 1 fully saturated rings. The van der Waals surface area contributed by atoms with Crippen LogP contribution in [0.5, 0.6) is 0 Å². The lowest BCUT2D eigenvalue weighted by molar-refractivity contribution is -0.0708. The Hall–Kier alpha value is -0.290. The van der Waals surface area contributed by atoms with Crippen molar-refractivity contribution in [1.82, 2.24) is 0 Å². The van der Waals surface area contributed by atoms with Crippen LogP contribution in [0.2, 0.25) is 0 Å². The van der Waals surface area contributed by atoms with Gasteiger partial charge in [-0.05, 0) is 67.0 Å². The highest BCUT2D eigenvalue weighted by molar-refractivity contribution is 14.1. The molecule has 1 saturated heterocycles. The lowest BCUT2D eigenvalue weighted by Gasteiger charge is -2.38. The molecule has 1 aromatic carbocycles. The van der Waals surface area contributed by atoms with Crippen LogP contribution in [0.3, 0.4) is 0 Å². The minimum atomic E-state index is 0.0534. The summed E-state index contributed by atoms with van der Waals surface area (Å²) in [6.45, 7) is 5.29. The van der Waals surface area contributed by atoms with E-state index in [1.807, 2.05) is 0 Å². The molecule has 0 spiro atoms. The van der Waals surface area contributed by atoms with E-state index < -0.39 is 0 Å². The Bertz CT molecular complexity index is 382. The molecule has 1 aromatic rings. The highest BCUT2D eigenvalue weighted by Crippen LogP contribution is 2.29. The molecule has 1 aliphatic rings. The van der Waals surface area contributed by atoms with Gasteiger partial charge in [0.1, 0.15) is 0 Å². The quantitative estimate of drug-likeness (QED) is 0.835. The van der Waals surface area contributed by atoms with Gasteiger partial charge in [0.05, 0.1) is 5.60 Å². The van der Waals surface area contributed by atoms with E-state index in [-0.39, 0.29) is 5.60 Å². The Kier molecular flexibility index (Phi) is 4.31. The first kappa shape index (κ1) is 13.1. The maximum absolute atomic E-state index is 5.86. The maximum Gasteiger partial charge on any atom is 0.0671 e. The first-order valence-electron chi connectivity index (χ1n) is 6.27. The van der Waals surface area contributed by atoms with Crippen LogP contribution in [0.4, 0.5) is 5.69 Å². The summed E-state index contributed by atoms with van der Waals surface area (Å²) in [5, 5.41) is 3.63. The normalized spacial score (nSPS) is 29.0. The third-order valence-electron chi connectivity index (χ3n) is 3.54. The van der Waals surface area contributed by atoms with Crippen molar-refractivity contribution in [2.75, 3.05) is 11.9 Å². The van der Waals surface area contributed by atoms with Crippen LogP contribution >= 0.6 is 22.6 Å². The molecular weight excluding hydrogens is 325 g/mol. The molecule has 0 amide bonds. The van der Waals surface area contributed by atoms with Gasteiger partial charge in [-0.2, -0.15) is 0 Å². The Morgan fingerprint density at radius 3 is 3.06 bits per heavy atom. The molecule has 1 heterocycles. The molecule has 0 aliphatic carbocycles. The summed E-state index contributed by atoms with van der Waals surface area (Å²) in [5.41, 5.74) is 1.28. The third-order valence-corrected chi connectivity index (χ3v) is 4.21. The van der Waals surface area contributed by atoms with Crippen LogP contribution in [-0.4, -0.2) is 18.2 Å². The summed E-state index contributed by atoms with van der Waals surface area (Å²) < 4.78 is 7.14. The van der Waals surface area contributed by atoms with Gasteiger partial charge in [-0.3, -0.25) is 0 Å². The Labute approximate surface area is 117 Å². The number of ether oxygens (including phenoxy) is 1. The van der Waals surface area contributed by atoms with Gasteiger partial charge in [-0.1, -0.05) is 13.0 Å². The second-order valence-corrected chi connectivity index (χ2v) is 6.24. The minimum absolute atomic E-state index is 0.0534. The number of anilines is 1. The van der Waals surface area contributed by atoms with Crippen molar-refractivity contribution in [3.63, 3.8) is 0 Å². The monoisotopic (exact) mass is 345 g/mol. The Morgan fingerprint density at radius 2 is 2.35 bits per heavy atom. The number of rotatable bonds is 3. The van der Waals surface area contributed by atoms with E-state index in [1.54, 1.807) is 0 Å². The Morgan fingerprint density at radius 1 is 1.53 bits per heavy atom. The van der Waals surface area contributed by atoms with Gasteiger partial charge >= 0.3 is 0 Å². The van der Waals surface area contributed by atoms with E-state index in [4.69, 9.17) is 4.74 Å². The summed E-state index contributed by atoms with van der Waals surface area (Å²) in [4.78, 5) is 0. The average Bonchev–Trinajstić information content (AvgIpc) is 2.29. The molecule has 17 heavy (non-hydrogen) atoms. The molecule has 0 aromatic heterocycles. The molecule has 2 nitrogen and oxygen atoms in total. The van der Waals surface area contributed by atoms with Crippen LogP contribution in [0.15, 0.2) is 24.3 Å². The van der Waals surface area contributed by atoms with Crippen molar-refractivity contribution >= 4 is 28.3 Å². The van der Waals surface area contributed by atoms with Crippen molar-refractivity contribution in [3.05, 3.63) is 27.8 Å². The van der Waals surface area contributed by atoms with Gasteiger partial charge in [0.25, 0.3) is 0 Å². The Balaban J connectivity index is 1.99. The number of nitrogens with one attached hydrogen (secondary N) is 1. The average molecular weight is 345 g/mol. The lowest BCUT2D eigenvalue weighted by atomic mass is 9.90. The van der Waals surface area contributed by atoms with Crippen LogP contribution in [0.1, 0.15) is 33.1 Å². The fourth-order valence-corrected chi connectivity index (χ4v) is 2.86. The predicted octanol–water partition coefficient (Wildman–Crippen LogP) is 4.05. The molecule has 2 unspecified atom stereocenters. The predicted molar refractivity (Wildman–Crippen MR) is 80.5 cm³/mol. The first-order valence-corrected chi connectivity index (χ1v) is 7.35. The van der Waals surface area contributed by atoms with Crippen LogP contribution < -0.4 is 5.32 Å². The van der Waals surface area contributed by atoms with Gasteiger partial charge in [0, 0.05) is 21.9 Å². The highest BCUT2D eigenvalue weighted by Gasteiger charge is 2.31. The SMILES string of the molecule is CCC1(C)CC(Nc2cccc(I)c2)CCO1. The maximum atomic E-state index is 5.86. The third kappa shape index (κ3) is 3.58. The molecule has 2 atom stereocenters. The zero-order chi connectivity index (χ0) is 12.3. The molecule has 3 heteroatoms. The zero-order valence-corrected chi connectivity index (χ0v) is 12.7. The van der Waals surface area contributed by atoms with Gasteiger partial charge in [-0.25, -0.2) is 0 Å². The van der Waals surface area contributed by atoms with Gasteiger partial charge in [0.2, 0.25) is 0 Å². The summed E-state index contributed by atoms with van der Waals surface area (Å²) in [6.07, 6.45) is 3.27. The van der Waals surface area contributed by atoms with Crippen LogP contribution in [-0.2, 0) is 4.74 Å². The van der Waals surface area contributed by atoms with E-state index in [0.29, 0.717) is 6.04 Å². The lowest BCUT2D eigenvalue weighted by Crippen LogP contribution is -2.41. The van der Waals surface area contributed by atoms with Gasteiger partial charge in [-0.15, -0.1) is 0 Å². The number of halogens is 1.